The fraction of sp³-hybridized carbons (Fsp3) is 0.212. The molecule has 0 heterocycles. The van der Waals surface area contributed by atoms with Gasteiger partial charge in [-0.1, -0.05) is 60.7 Å². The van der Waals surface area contributed by atoms with E-state index in [9.17, 15) is 15.0 Å². The molecule has 2 atom stereocenters. The number of para-hydroxylation sites is 2. The molecule has 1 aliphatic rings. The van der Waals surface area contributed by atoms with Crippen molar-refractivity contribution in [3.63, 3.8) is 0 Å². The zero-order chi connectivity index (χ0) is 28.2. The molecule has 0 aliphatic heterocycles. The van der Waals surface area contributed by atoms with E-state index in [0.717, 1.165) is 11.1 Å². The van der Waals surface area contributed by atoms with Crippen LogP contribution in [0.5, 0.6) is 17.2 Å². The molecular formula is C33H29NO6. The number of hydrogen-bond donors (Lipinski definition) is 2. The van der Waals surface area contributed by atoms with Crippen molar-refractivity contribution in [3.8, 4) is 34.4 Å². The molecule has 7 heteroatoms. The number of nitrogens with zero attached hydrogens (tertiary/aromatic N) is 1. The number of hydrogen-bond acceptors (Lipinski definition) is 7. The highest BCUT2D eigenvalue weighted by Crippen LogP contribution is 2.61. The van der Waals surface area contributed by atoms with E-state index in [1.165, 1.54) is 0 Å². The lowest BCUT2D eigenvalue weighted by molar-refractivity contribution is -0.168. The Labute approximate surface area is 232 Å². The Morgan fingerprint density at radius 1 is 0.775 bits per heavy atom. The molecule has 0 amide bonds. The third-order valence-electron chi connectivity index (χ3n) is 7.62. The summed E-state index contributed by atoms with van der Waals surface area (Å²) in [6.07, 6.45) is -1.70. The Balaban J connectivity index is 1.53. The summed E-state index contributed by atoms with van der Waals surface area (Å²) in [5, 5.41) is 30.2. The van der Waals surface area contributed by atoms with Gasteiger partial charge in [0.05, 0.1) is 31.8 Å². The van der Waals surface area contributed by atoms with Crippen LogP contribution in [0.2, 0.25) is 0 Å². The van der Waals surface area contributed by atoms with E-state index in [1.54, 1.807) is 56.7 Å². The van der Waals surface area contributed by atoms with Crippen molar-refractivity contribution in [2.24, 2.45) is 11.8 Å². The molecule has 1 fully saturated rings. The zero-order valence-corrected chi connectivity index (χ0v) is 22.1. The van der Waals surface area contributed by atoms with Crippen LogP contribution in [-0.2, 0) is 4.79 Å². The minimum atomic E-state index is -1.70. The van der Waals surface area contributed by atoms with E-state index in [2.05, 4.69) is 6.07 Å². The zero-order valence-electron chi connectivity index (χ0n) is 22.1. The summed E-state index contributed by atoms with van der Waals surface area (Å²) >= 11 is 0. The highest BCUT2D eigenvalue weighted by molar-refractivity contribution is 5.81. The predicted octanol–water partition coefficient (Wildman–Crippen LogP) is 5.27. The number of methoxy groups -OCH3 is 2. The summed E-state index contributed by atoms with van der Waals surface area (Å²) in [6.45, 7) is 0. The number of carbonyl (C=O) groups is 1. The number of benzene rings is 4. The van der Waals surface area contributed by atoms with E-state index >= 15 is 0 Å². The van der Waals surface area contributed by atoms with E-state index < -0.39 is 35.9 Å². The molecule has 0 radical (unpaired) electrons. The Bertz CT molecular complexity index is 1490. The van der Waals surface area contributed by atoms with Crippen LogP contribution in [0.3, 0.4) is 0 Å². The van der Waals surface area contributed by atoms with E-state index in [4.69, 9.17) is 19.5 Å². The Morgan fingerprint density at radius 3 is 1.88 bits per heavy atom. The number of aliphatic hydroxyl groups is 2. The van der Waals surface area contributed by atoms with Gasteiger partial charge in [-0.2, -0.15) is 5.26 Å². The quantitative estimate of drug-likeness (QED) is 0.180. The van der Waals surface area contributed by atoms with Crippen molar-refractivity contribution < 1.29 is 29.2 Å². The average molecular weight is 536 g/mol. The molecule has 1 saturated carbocycles. The first-order chi connectivity index (χ1) is 19.5. The molecular weight excluding hydrogens is 506 g/mol. The maximum Gasteiger partial charge on any atom is 0.315 e. The van der Waals surface area contributed by atoms with Crippen LogP contribution in [-0.4, -0.2) is 36.7 Å². The summed E-state index contributed by atoms with van der Waals surface area (Å²) in [5.74, 6) is -1.67. The normalized spacial score (nSPS) is 19.8. The molecule has 0 aromatic heterocycles. The first kappa shape index (κ1) is 26.9. The summed E-state index contributed by atoms with van der Waals surface area (Å²) in [6, 6.07) is 31.0. The van der Waals surface area contributed by atoms with Gasteiger partial charge in [0.15, 0.2) is 6.29 Å². The number of aliphatic hydroxyl groups excluding tert-OH is 1. The maximum atomic E-state index is 14.0. The van der Waals surface area contributed by atoms with Gasteiger partial charge in [-0.3, -0.25) is 4.79 Å². The summed E-state index contributed by atoms with van der Waals surface area (Å²) in [5.41, 5.74) is 3.66. The molecule has 2 unspecified atom stereocenters. The molecule has 4 aromatic rings. The van der Waals surface area contributed by atoms with Gasteiger partial charge in [0.25, 0.3) is 0 Å². The van der Waals surface area contributed by atoms with Crippen molar-refractivity contribution in [2.75, 3.05) is 14.2 Å². The van der Waals surface area contributed by atoms with E-state index in [0.29, 0.717) is 33.9 Å². The third-order valence-corrected chi connectivity index (χ3v) is 7.62. The Hall–Kier alpha value is -4.64. The average Bonchev–Trinajstić information content (AvgIpc) is 2.97. The van der Waals surface area contributed by atoms with Crippen LogP contribution >= 0.6 is 0 Å². The van der Waals surface area contributed by atoms with Crippen LogP contribution in [0.1, 0.15) is 28.5 Å². The second kappa shape index (κ2) is 11.6. The second-order valence-corrected chi connectivity index (χ2v) is 9.69. The van der Waals surface area contributed by atoms with Crippen LogP contribution in [0, 0.1) is 23.2 Å². The lowest BCUT2D eigenvalue weighted by atomic mass is 9.52. The smallest absolute Gasteiger partial charge is 0.315 e. The molecule has 1 aliphatic carbocycles. The first-order valence-electron chi connectivity index (χ1n) is 12.9. The highest BCUT2D eigenvalue weighted by atomic mass is 16.5. The minimum absolute atomic E-state index is 0.359. The third kappa shape index (κ3) is 5.03. The monoisotopic (exact) mass is 535 g/mol. The molecule has 0 spiro atoms. The van der Waals surface area contributed by atoms with Crippen molar-refractivity contribution in [1.82, 2.24) is 0 Å². The van der Waals surface area contributed by atoms with Gasteiger partial charge in [-0.25, -0.2) is 0 Å². The molecule has 4 aromatic carbocycles. The highest BCUT2D eigenvalue weighted by Gasteiger charge is 2.59. The van der Waals surface area contributed by atoms with Crippen LogP contribution in [0.15, 0.2) is 97.1 Å². The molecule has 0 bridgehead atoms. The van der Waals surface area contributed by atoms with Crippen LogP contribution in [0.4, 0.5) is 0 Å². The number of carbonyl (C=O) groups excluding carboxylic acids is 1. The summed E-state index contributed by atoms with van der Waals surface area (Å²) < 4.78 is 17.1. The van der Waals surface area contributed by atoms with Crippen molar-refractivity contribution >= 4 is 5.97 Å². The standard InChI is InChI=1S/C33H29NO6/c1-38-26-12-5-3-10-24(26)28-30(32(35)36)29(25-11-4-6-13-27(25)39-2)31(28)33(37)40-23-9-7-8-22(18-23)21-16-14-20(19-34)15-17-21/h3-18,28-32,35-36H,1-2H3/t28?,29?,30-,31-. The van der Waals surface area contributed by atoms with Crippen LogP contribution in [0.25, 0.3) is 11.1 Å². The Morgan fingerprint density at radius 2 is 1.35 bits per heavy atom. The van der Waals surface area contributed by atoms with Gasteiger partial charge in [0, 0.05) is 17.8 Å². The molecule has 2 N–H and O–H groups in total. The summed E-state index contributed by atoms with van der Waals surface area (Å²) in [4.78, 5) is 14.0. The van der Waals surface area contributed by atoms with Gasteiger partial charge in [-0.05, 0) is 58.7 Å². The topological polar surface area (TPSA) is 109 Å². The Kier molecular flexibility index (Phi) is 7.83. The van der Waals surface area contributed by atoms with Gasteiger partial charge in [0.1, 0.15) is 17.2 Å². The van der Waals surface area contributed by atoms with Crippen molar-refractivity contribution in [1.29, 1.82) is 5.26 Å². The SMILES string of the molecule is COc1ccccc1C1[C@H](C(=O)Oc2cccc(-c3ccc(C#N)cc3)c2)C(c2ccccc2OC)[C@H]1C(O)O. The van der Waals surface area contributed by atoms with Crippen LogP contribution < -0.4 is 14.2 Å². The molecule has 5 rings (SSSR count). The lowest BCUT2D eigenvalue weighted by Crippen LogP contribution is -2.53. The number of rotatable bonds is 8. The van der Waals surface area contributed by atoms with Gasteiger partial charge >= 0.3 is 5.97 Å². The predicted molar refractivity (Wildman–Crippen MR) is 149 cm³/mol. The number of ether oxygens (including phenoxy) is 3. The molecule has 7 nitrogen and oxygen atoms in total. The minimum Gasteiger partial charge on any atom is -0.496 e. The van der Waals surface area contributed by atoms with E-state index in [1.807, 2.05) is 54.6 Å². The fourth-order valence-electron chi connectivity index (χ4n) is 5.79. The second-order valence-electron chi connectivity index (χ2n) is 9.69. The molecule has 202 valence electrons. The lowest BCUT2D eigenvalue weighted by Gasteiger charge is -2.52. The number of nitriles is 1. The van der Waals surface area contributed by atoms with Gasteiger partial charge in [0.2, 0.25) is 0 Å². The van der Waals surface area contributed by atoms with E-state index in [-0.39, 0.29) is 0 Å². The molecule has 40 heavy (non-hydrogen) atoms. The molecule has 0 saturated heterocycles. The fourth-order valence-corrected chi connectivity index (χ4v) is 5.79. The van der Waals surface area contributed by atoms with Crippen molar-refractivity contribution in [2.45, 2.75) is 18.1 Å². The maximum absolute atomic E-state index is 14.0. The first-order valence-corrected chi connectivity index (χ1v) is 12.9. The largest absolute Gasteiger partial charge is 0.496 e. The van der Waals surface area contributed by atoms with Gasteiger partial charge < -0.3 is 24.4 Å². The van der Waals surface area contributed by atoms with Gasteiger partial charge in [-0.15, -0.1) is 0 Å². The number of esters is 1. The van der Waals surface area contributed by atoms with Crippen molar-refractivity contribution in [3.05, 3.63) is 114 Å². The summed E-state index contributed by atoms with van der Waals surface area (Å²) in [7, 11) is 3.09.